The lowest BCUT2D eigenvalue weighted by atomic mass is 10.1. The van der Waals surface area contributed by atoms with Crippen LogP contribution in [0, 0.1) is 11.3 Å². The van der Waals surface area contributed by atoms with Crippen LogP contribution in [0.5, 0.6) is 0 Å². The molecular weight excluding hydrogens is 306 g/mol. The van der Waals surface area contributed by atoms with Gasteiger partial charge in [-0.3, -0.25) is 0 Å². The van der Waals surface area contributed by atoms with Crippen molar-refractivity contribution in [3.63, 3.8) is 0 Å². The van der Waals surface area contributed by atoms with Crippen molar-refractivity contribution >= 4 is 21.4 Å². The molecule has 1 aliphatic rings. The van der Waals surface area contributed by atoms with E-state index >= 15 is 0 Å². The zero-order valence-corrected chi connectivity index (χ0v) is 13.8. The molecule has 116 valence electrons. The zero-order chi connectivity index (χ0) is 15.3. The van der Waals surface area contributed by atoms with E-state index in [9.17, 15) is 8.42 Å². The van der Waals surface area contributed by atoms with Crippen molar-refractivity contribution in [2.75, 3.05) is 18.8 Å². The van der Waals surface area contributed by atoms with Crippen molar-refractivity contribution in [1.29, 1.82) is 5.26 Å². The molecule has 0 radical (unpaired) electrons. The van der Waals surface area contributed by atoms with E-state index in [1.165, 1.54) is 11.3 Å². The Morgan fingerprint density at radius 1 is 1.43 bits per heavy atom. The third-order valence-electron chi connectivity index (χ3n) is 3.65. The Balaban J connectivity index is 1.78. The van der Waals surface area contributed by atoms with Gasteiger partial charge in [0.05, 0.1) is 5.75 Å². The minimum Gasteiger partial charge on any atom is -0.309 e. The van der Waals surface area contributed by atoms with Gasteiger partial charge in [-0.2, -0.15) is 5.26 Å². The second kappa shape index (κ2) is 7.36. The maximum absolute atomic E-state index is 12.0. The molecule has 21 heavy (non-hydrogen) atoms. The Bertz CT molecular complexity index is 596. The molecule has 2 rings (SSSR count). The lowest BCUT2D eigenvalue weighted by molar-refractivity contribution is 0.289. The number of nitrogens with one attached hydrogen (secondary N) is 1. The molecule has 1 aliphatic heterocycles. The van der Waals surface area contributed by atoms with Crippen molar-refractivity contribution in [2.45, 2.75) is 38.8 Å². The van der Waals surface area contributed by atoms with E-state index in [1.54, 1.807) is 4.31 Å². The molecule has 0 amide bonds. The molecule has 0 aromatic carbocycles. The molecule has 1 fully saturated rings. The fourth-order valence-corrected chi connectivity index (χ4v) is 4.80. The van der Waals surface area contributed by atoms with Crippen molar-refractivity contribution in [2.24, 2.45) is 0 Å². The smallest absolute Gasteiger partial charge is 0.214 e. The van der Waals surface area contributed by atoms with Gasteiger partial charge in [0.25, 0.3) is 0 Å². The second-order valence-electron chi connectivity index (χ2n) is 5.25. The van der Waals surface area contributed by atoms with E-state index in [0.29, 0.717) is 25.6 Å². The van der Waals surface area contributed by atoms with Crippen LogP contribution in [0.4, 0.5) is 0 Å². The van der Waals surface area contributed by atoms with Crippen molar-refractivity contribution in [3.8, 4) is 6.07 Å². The third-order valence-corrected chi connectivity index (χ3v) is 6.71. The molecule has 0 unspecified atom stereocenters. The number of hydrogen-bond donors (Lipinski definition) is 1. The molecule has 0 saturated carbocycles. The predicted octanol–water partition coefficient (Wildman–Crippen LogP) is 1.91. The first-order chi connectivity index (χ1) is 10.0. The summed E-state index contributed by atoms with van der Waals surface area (Å²) >= 11 is 1.50. The number of rotatable bonds is 6. The van der Waals surface area contributed by atoms with Crippen molar-refractivity contribution in [3.05, 3.63) is 21.9 Å². The van der Waals surface area contributed by atoms with Gasteiger partial charge in [0.15, 0.2) is 0 Å². The molecule has 5 nitrogen and oxygen atoms in total. The van der Waals surface area contributed by atoms with E-state index in [4.69, 9.17) is 5.26 Å². The summed E-state index contributed by atoms with van der Waals surface area (Å²) in [6.07, 6.45) is 2.36. The molecule has 1 aromatic rings. The first kappa shape index (κ1) is 16.4. The summed E-state index contributed by atoms with van der Waals surface area (Å²) in [6, 6.07) is 6.29. The van der Waals surface area contributed by atoms with E-state index in [0.717, 1.165) is 29.1 Å². The van der Waals surface area contributed by atoms with Crippen LogP contribution in [0.1, 0.15) is 35.9 Å². The van der Waals surface area contributed by atoms with E-state index in [1.807, 2.05) is 19.1 Å². The molecular formula is C14H21N3O2S2. The Morgan fingerprint density at radius 2 is 2.14 bits per heavy atom. The summed E-state index contributed by atoms with van der Waals surface area (Å²) in [5.41, 5.74) is 0. The summed E-state index contributed by atoms with van der Waals surface area (Å²) in [7, 11) is -3.05. The Labute approximate surface area is 130 Å². The SMILES string of the molecule is CCCS(=O)(=O)N1CCC(NCc2ccc(C#N)s2)CC1. The lowest BCUT2D eigenvalue weighted by Gasteiger charge is -2.31. The first-order valence-electron chi connectivity index (χ1n) is 7.25. The Hall–Kier alpha value is -0.940. The predicted molar refractivity (Wildman–Crippen MR) is 84.5 cm³/mol. The van der Waals surface area contributed by atoms with Gasteiger partial charge in [-0.05, 0) is 31.4 Å². The summed E-state index contributed by atoms with van der Waals surface area (Å²) in [6.45, 7) is 3.85. The fourth-order valence-electron chi connectivity index (χ4n) is 2.50. The zero-order valence-electron chi connectivity index (χ0n) is 12.2. The van der Waals surface area contributed by atoms with Crippen molar-refractivity contribution < 1.29 is 8.42 Å². The normalized spacial score (nSPS) is 17.7. The highest BCUT2D eigenvalue weighted by Crippen LogP contribution is 2.18. The number of nitrogens with zero attached hydrogens (tertiary/aromatic N) is 2. The van der Waals surface area contributed by atoms with Gasteiger partial charge in [-0.1, -0.05) is 6.92 Å². The fraction of sp³-hybridized carbons (Fsp3) is 0.643. The minimum atomic E-state index is -3.05. The van der Waals surface area contributed by atoms with Crippen LogP contribution in [0.25, 0.3) is 0 Å². The van der Waals surface area contributed by atoms with E-state index < -0.39 is 10.0 Å². The number of sulfonamides is 1. The summed E-state index contributed by atoms with van der Waals surface area (Å²) < 4.78 is 25.6. The number of piperidine rings is 1. The van der Waals surface area contributed by atoms with Crippen LogP contribution in [0.15, 0.2) is 12.1 Å². The molecule has 1 N–H and O–H groups in total. The average Bonchev–Trinajstić information content (AvgIpc) is 2.93. The quantitative estimate of drug-likeness (QED) is 0.866. The highest BCUT2D eigenvalue weighted by molar-refractivity contribution is 7.89. The van der Waals surface area contributed by atoms with Gasteiger partial charge in [0.2, 0.25) is 10.0 Å². The lowest BCUT2D eigenvalue weighted by Crippen LogP contribution is -2.45. The Morgan fingerprint density at radius 3 is 2.71 bits per heavy atom. The highest BCUT2D eigenvalue weighted by Gasteiger charge is 2.26. The topological polar surface area (TPSA) is 73.2 Å². The third kappa shape index (κ3) is 4.51. The van der Waals surface area contributed by atoms with Crippen LogP contribution in [0.3, 0.4) is 0 Å². The van der Waals surface area contributed by atoms with Gasteiger partial charge in [0, 0.05) is 30.6 Å². The molecule has 1 saturated heterocycles. The van der Waals surface area contributed by atoms with Crippen LogP contribution < -0.4 is 5.32 Å². The van der Waals surface area contributed by atoms with Gasteiger partial charge < -0.3 is 5.32 Å². The maximum Gasteiger partial charge on any atom is 0.214 e. The van der Waals surface area contributed by atoms with Crippen LogP contribution in [-0.2, 0) is 16.6 Å². The first-order valence-corrected chi connectivity index (χ1v) is 9.67. The van der Waals surface area contributed by atoms with Gasteiger partial charge >= 0.3 is 0 Å². The number of nitriles is 1. The van der Waals surface area contributed by atoms with E-state index in [-0.39, 0.29) is 5.75 Å². The maximum atomic E-state index is 12.0. The van der Waals surface area contributed by atoms with Crippen LogP contribution >= 0.6 is 11.3 Å². The van der Waals surface area contributed by atoms with Crippen molar-refractivity contribution in [1.82, 2.24) is 9.62 Å². The average molecular weight is 327 g/mol. The van der Waals surface area contributed by atoms with Gasteiger partial charge in [0.1, 0.15) is 10.9 Å². The van der Waals surface area contributed by atoms with Gasteiger partial charge in [-0.15, -0.1) is 11.3 Å². The van der Waals surface area contributed by atoms with Gasteiger partial charge in [-0.25, -0.2) is 12.7 Å². The summed E-state index contributed by atoms with van der Waals surface area (Å²) in [5, 5.41) is 12.3. The molecule has 0 spiro atoms. The highest BCUT2D eigenvalue weighted by atomic mass is 32.2. The van der Waals surface area contributed by atoms with Crippen LogP contribution in [-0.4, -0.2) is 37.6 Å². The second-order valence-corrected chi connectivity index (χ2v) is 8.50. The number of thiophene rings is 1. The molecule has 7 heteroatoms. The molecule has 0 bridgehead atoms. The number of hydrogen-bond acceptors (Lipinski definition) is 5. The minimum absolute atomic E-state index is 0.247. The molecule has 0 aliphatic carbocycles. The van der Waals surface area contributed by atoms with Crippen LogP contribution in [0.2, 0.25) is 0 Å². The monoisotopic (exact) mass is 327 g/mol. The largest absolute Gasteiger partial charge is 0.309 e. The summed E-state index contributed by atoms with van der Waals surface area (Å²) in [4.78, 5) is 1.87. The molecule has 0 atom stereocenters. The summed E-state index contributed by atoms with van der Waals surface area (Å²) in [5.74, 6) is 0.247. The standard InChI is InChI=1S/C14H21N3O2S2/c1-2-9-21(18,19)17-7-5-12(6-8-17)16-11-14-4-3-13(10-15)20-14/h3-4,12,16H,2,5-9,11H2,1H3. The molecule has 1 aromatic heterocycles. The van der Waals surface area contributed by atoms with E-state index in [2.05, 4.69) is 11.4 Å². The molecule has 2 heterocycles. The Kier molecular flexibility index (Phi) is 5.76.